The number of ketones is 1. The highest BCUT2D eigenvalue weighted by Gasteiger charge is 2.23. The second-order valence-electron chi connectivity index (χ2n) is 6.66. The first-order chi connectivity index (χ1) is 12.5. The molecule has 1 fully saturated rings. The van der Waals surface area contributed by atoms with Crippen LogP contribution in [0.25, 0.3) is 0 Å². The lowest BCUT2D eigenvalue weighted by Gasteiger charge is -2.34. The van der Waals surface area contributed by atoms with E-state index < -0.39 is 0 Å². The first kappa shape index (κ1) is 18.2. The van der Waals surface area contributed by atoms with Gasteiger partial charge in [0.05, 0.1) is 19.0 Å². The van der Waals surface area contributed by atoms with Crippen LogP contribution in [0.3, 0.4) is 0 Å². The zero-order valence-electron chi connectivity index (χ0n) is 15.8. The van der Waals surface area contributed by atoms with Crippen LogP contribution in [0, 0.1) is 13.8 Å². The normalized spacial score (nSPS) is 15.0. The molecule has 0 bridgehead atoms. The van der Waals surface area contributed by atoms with Gasteiger partial charge in [-0.15, -0.1) is 0 Å². The number of ether oxygens (including phenoxy) is 2. The molecule has 0 saturated carbocycles. The minimum atomic E-state index is 0.0601. The predicted octanol–water partition coefficient (Wildman–Crippen LogP) is 3.35. The Bertz CT molecular complexity index is 782. The van der Waals surface area contributed by atoms with E-state index in [1.54, 1.807) is 26.3 Å². The van der Waals surface area contributed by atoms with Crippen molar-refractivity contribution < 1.29 is 14.3 Å². The van der Waals surface area contributed by atoms with E-state index in [1.165, 1.54) is 0 Å². The van der Waals surface area contributed by atoms with Gasteiger partial charge in [0.1, 0.15) is 17.7 Å². The highest BCUT2D eigenvalue weighted by Crippen LogP contribution is 2.26. The predicted molar refractivity (Wildman–Crippen MR) is 100 cm³/mol. The molecule has 0 unspecified atom stereocenters. The summed E-state index contributed by atoms with van der Waals surface area (Å²) >= 11 is 0. The van der Waals surface area contributed by atoms with Crippen LogP contribution in [0.4, 0.5) is 5.82 Å². The molecule has 2 aromatic heterocycles. The number of Topliss-reactive ketones (excluding diaryl/α,β-unsaturated/α-hetero) is 1. The summed E-state index contributed by atoms with van der Waals surface area (Å²) in [6, 6.07) is 5.64. The smallest absolute Gasteiger partial charge is 0.213 e. The third-order valence-electron chi connectivity index (χ3n) is 4.72. The van der Waals surface area contributed by atoms with Crippen LogP contribution < -0.4 is 14.4 Å². The molecule has 3 rings (SSSR count). The van der Waals surface area contributed by atoms with Crippen LogP contribution in [-0.2, 0) is 0 Å². The first-order valence-corrected chi connectivity index (χ1v) is 8.88. The van der Waals surface area contributed by atoms with Gasteiger partial charge < -0.3 is 14.4 Å². The van der Waals surface area contributed by atoms with E-state index in [4.69, 9.17) is 9.47 Å². The maximum atomic E-state index is 11.7. The number of methoxy groups -OCH3 is 1. The quantitative estimate of drug-likeness (QED) is 0.767. The molecular weight excluding hydrogens is 330 g/mol. The molecule has 26 heavy (non-hydrogen) atoms. The fourth-order valence-electron chi connectivity index (χ4n) is 3.30. The summed E-state index contributed by atoms with van der Waals surface area (Å²) in [5, 5.41) is 0. The van der Waals surface area contributed by atoms with Gasteiger partial charge in [0.15, 0.2) is 5.78 Å². The zero-order chi connectivity index (χ0) is 18.7. The molecule has 0 N–H and O–H groups in total. The molecule has 0 radical (unpaired) electrons. The fraction of sp³-hybridized carbons (Fsp3) is 0.450. The molecule has 6 heteroatoms. The van der Waals surface area contributed by atoms with E-state index in [2.05, 4.69) is 14.9 Å². The minimum Gasteiger partial charge on any atom is -0.489 e. The van der Waals surface area contributed by atoms with Gasteiger partial charge in [0.25, 0.3) is 0 Å². The fourth-order valence-corrected chi connectivity index (χ4v) is 3.30. The number of pyridine rings is 2. The summed E-state index contributed by atoms with van der Waals surface area (Å²) in [4.78, 5) is 22.8. The zero-order valence-corrected chi connectivity index (χ0v) is 15.8. The number of anilines is 1. The molecule has 0 amide bonds. The lowest BCUT2D eigenvalue weighted by Crippen LogP contribution is -2.39. The average Bonchev–Trinajstić information content (AvgIpc) is 2.64. The second kappa shape index (κ2) is 7.72. The van der Waals surface area contributed by atoms with Crippen molar-refractivity contribution in [2.24, 2.45) is 0 Å². The SMILES string of the molecule is COc1ccc(OC2CCN(c3nc(C)c(C(C)=O)cc3C)CC2)cn1. The molecule has 0 aromatic carbocycles. The van der Waals surface area contributed by atoms with Crippen LogP contribution in [0.2, 0.25) is 0 Å². The van der Waals surface area contributed by atoms with Crippen molar-refractivity contribution >= 4 is 11.6 Å². The molecular formula is C20H25N3O3. The van der Waals surface area contributed by atoms with Gasteiger partial charge in [-0.3, -0.25) is 4.79 Å². The number of hydrogen-bond acceptors (Lipinski definition) is 6. The van der Waals surface area contributed by atoms with Gasteiger partial charge in [0, 0.05) is 37.6 Å². The first-order valence-electron chi connectivity index (χ1n) is 8.88. The van der Waals surface area contributed by atoms with Crippen molar-refractivity contribution in [3.8, 4) is 11.6 Å². The van der Waals surface area contributed by atoms with E-state index >= 15 is 0 Å². The second-order valence-corrected chi connectivity index (χ2v) is 6.66. The van der Waals surface area contributed by atoms with E-state index in [1.807, 2.05) is 26.0 Å². The Morgan fingerprint density at radius 2 is 1.96 bits per heavy atom. The molecule has 3 heterocycles. The summed E-state index contributed by atoms with van der Waals surface area (Å²) in [7, 11) is 1.60. The van der Waals surface area contributed by atoms with Gasteiger partial charge in [-0.05, 0) is 38.5 Å². The van der Waals surface area contributed by atoms with Crippen molar-refractivity contribution in [3.63, 3.8) is 0 Å². The molecule has 1 aliphatic rings. The molecule has 0 aliphatic carbocycles. The van der Waals surface area contributed by atoms with Gasteiger partial charge in [0.2, 0.25) is 5.88 Å². The number of carbonyl (C=O) groups excluding carboxylic acids is 1. The third-order valence-corrected chi connectivity index (χ3v) is 4.72. The highest BCUT2D eigenvalue weighted by molar-refractivity contribution is 5.95. The van der Waals surface area contributed by atoms with Crippen molar-refractivity contribution in [2.45, 2.75) is 39.7 Å². The Morgan fingerprint density at radius 1 is 1.23 bits per heavy atom. The number of aryl methyl sites for hydroxylation is 2. The van der Waals surface area contributed by atoms with Gasteiger partial charge in [-0.1, -0.05) is 0 Å². The summed E-state index contributed by atoms with van der Waals surface area (Å²) < 4.78 is 11.1. The van der Waals surface area contributed by atoms with E-state index in [0.29, 0.717) is 11.4 Å². The van der Waals surface area contributed by atoms with Crippen molar-refractivity contribution in [2.75, 3.05) is 25.1 Å². The maximum absolute atomic E-state index is 11.7. The van der Waals surface area contributed by atoms with Crippen LogP contribution >= 0.6 is 0 Å². The molecule has 2 aromatic rings. The summed E-state index contributed by atoms with van der Waals surface area (Å²) in [6.45, 7) is 7.24. The Balaban J connectivity index is 1.63. The number of nitrogens with zero attached hydrogens (tertiary/aromatic N) is 3. The Hall–Kier alpha value is -2.63. The summed E-state index contributed by atoms with van der Waals surface area (Å²) in [5.41, 5.74) is 2.54. The number of carbonyl (C=O) groups is 1. The molecule has 0 atom stereocenters. The van der Waals surface area contributed by atoms with Crippen LogP contribution in [0.1, 0.15) is 41.4 Å². The largest absolute Gasteiger partial charge is 0.489 e. The van der Waals surface area contributed by atoms with E-state index in [-0.39, 0.29) is 11.9 Å². The third kappa shape index (κ3) is 3.95. The van der Waals surface area contributed by atoms with Crippen LogP contribution in [0.15, 0.2) is 24.4 Å². The molecule has 6 nitrogen and oxygen atoms in total. The Morgan fingerprint density at radius 3 is 2.54 bits per heavy atom. The topological polar surface area (TPSA) is 64.6 Å². The number of rotatable bonds is 5. The summed E-state index contributed by atoms with van der Waals surface area (Å²) in [6.07, 6.45) is 3.70. The van der Waals surface area contributed by atoms with Crippen molar-refractivity contribution in [1.82, 2.24) is 9.97 Å². The summed E-state index contributed by atoms with van der Waals surface area (Å²) in [5.74, 6) is 2.38. The lowest BCUT2D eigenvalue weighted by atomic mass is 10.0. The highest BCUT2D eigenvalue weighted by atomic mass is 16.5. The standard InChI is InChI=1S/C20H25N3O3/c1-13-11-18(15(3)24)14(2)22-20(13)23-9-7-16(8-10-23)26-17-5-6-19(25-4)21-12-17/h5-6,11-12,16H,7-10H2,1-4H3. The van der Waals surface area contributed by atoms with Crippen molar-refractivity contribution in [1.29, 1.82) is 0 Å². The monoisotopic (exact) mass is 355 g/mol. The van der Waals surface area contributed by atoms with Crippen molar-refractivity contribution in [3.05, 3.63) is 41.2 Å². The van der Waals surface area contributed by atoms with Crippen LogP contribution in [-0.4, -0.2) is 42.1 Å². The lowest BCUT2D eigenvalue weighted by molar-refractivity contribution is 0.101. The molecule has 1 aliphatic heterocycles. The van der Waals surface area contributed by atoms with Gasteiger partial charge in [-0.2, -0.15) is 0 Å². The minimum absolute atomic E-state index is 0.0601. The van der Waals surface area contributed by atoms with Gasteiger partial charge >= 0.3 is 0 Å². The molecule has 0 spiro atoms. The Labute approximate surface area is 154 Å². The van der Waals surface area contributed by atoms with Gasteiger partial charge in [-0.25, -0.2) is 9.97 Å². The number of aromatic nitrogens is 2. The number of hydrogen-bond donors (Lipinski definition) is 0. The Kier molecular flexibility index (Phi) is 5.40. The molecule has 138 valence electrons. The van der Waals surface area contributed by atoms with Crippen LogP contribution in [0.5, 0.6) is 11.6 Å². The maximum Gasteiger partial charge on any atom is 0.213 e. The number of piperidine rings is 1. The molecule has 1 saturated heterocycles. The van der Waals surface area contributed by atoms with E-state index in [0.717, 1.165) is 48.8 Å². The van der Waals surface area contributed by atoms with E-state index in [9.17, 15) is 4.79 Å². The average molecular weight is 355 g/mol.